The summed E-state index contributed by atoms with van der Waals surface area (Å²) in [6.45, 7) is 6.45. The maximum Gasteiger partial charge on any atom is 0.0431 e. The molecule has 0 fully saturated rings. The van der Waals surface area contributed by atoms with E-state index < -0.39 is 0 Å². The number of allylic oxidation sites excluding steroid dienone is 1. The Labute approximate surface area is 102 Å². The van der Waals surface area contributed by atoms with E-state index in [2.05, 4.69) is 13.5 Å². The first-order valence-corrected chi connectivity index (χ1v) is 7.03. The highest BCUT2D eigenvalue weighted by molar-refractivity contribution is 4.70. The summed E-state index contributed by atoms with van der Waals surface area (Å²) >= 11 is 0. The molecule has 1 heteroatoms. The number of unbranched alkanes of at least 4 members (excludes halogenated alkanes) is 7. The van der Waals surface area contributed by atoms with Gasteiger partial charge in [-0.25, -0.2) is 0 Å². The van der Waals surface area contributed by atoms with Gasteiger partial charge in [0, 0.05) is 6.61 Å². The van der Waals surface area contributed by atoms with Crippen LogP contribution in [-0.2, 0) is 0 Å². The minimum Gasteiger partial charge on any atom is -0.396 e. The summed E-state index contributed by atoms with van der Waals surface area (Å²) in [5.74, 6) is 0.821. The van der Waals surface area contributed by atoms with Crippen LogP contribution in [0.25, 0.3) is 0 Å². The van der Waals surface area contributed by atoms with Gasteiger partial charge in [-0.3, -0.25) is 0 Å². The molecule has 1 atom stereocenters. The highest BCUT2D eigenvalue weighted by Gasteiger charge is 1.98. The summed E-state index contributed by atoms with van der Waals surface area (Å²) in [5.41, 5.74) is 0. The quantitative estimate of drug-likeness (QED) is 0.378. The van der Waals surface area contributed by atoms with E-state index in [9.17, 15) is 0 Å². The molecule has 96 valence electrons. The van der Waals surface area contributed by atoms with E-state index in [1.54, 1.807) is 0 Å². The Hall–Kier alpha value is -0.300. The zero-order valence-electron chi connectivity index (χ0n) is 11.1. The van der Waals surface area contributed by atoms with E-state index >= 15 is 0 Å². The van der Waals surface area contributed by atoms with Crippen molar-refractivity contribution < 1.29 is 5.11 Å². The molecule has 1 unspecified atom stereocenters. The van der Waals surface area contributed by atoms with Crippen molar-refractivity contribution in [3.63, 3.8) is 0 Å². The van der Waals surface area contributed by atoms with E-state index in [1.807, 2.05) is 6.08 Å². The topological polar surface area (TPSA) is 20.2 Å². The number of aliphatic hydroxyl groups excluding tert-OH is 1. The molecule has 0 saturated heterocycles. The number of aliphatic hydroxyl groups is 1. The number of rotatable bonds is 12. The van der Waals surface area contributed by atoms with Gasteiger partial charge in [-0.15, -0.1) is 6.58 Å². The van der Waals surface area contributed by atoms with Crippen LogP contribution in [0.4, 0.5) is 0 Å². The molecule has 0 amide bonds. The van der Waals surface area contributed by atoms with E-state index in [-0.39, 0.29) is 0 Å². The van der Waals surface area contributed by atoms with Crippen LogP contribution in [0.5, 0.6) is 0 Å². The van der Waals surface area contributed by atoms with Gasteiger partial charge in [-0.05, 0) is 18.8 Å². The molecule has 0 aliphatic carbocycles. The molecular formula is C15H30O. The monoisotopic (exact) mass is 226 g/mol. The largest absolute Gasteiger partial charge is 0.396 e. The van der Waals surface area contributed by atoms with Crippen LogP contribution in [0.2, 0.25) is 0 Å². The number of hydrogen-bond acceptors (Lipinski definition) is 1. The Kier molecular flexibility index (Phi) is 12.5. The molecule has 0 aromatic rings. The lowest BCUT2D eigenvalue weighted by Crippen LogP contribution is -1.92. The molecule has 0 heterocycles. The standard InChI is InChI=1S/C15H30O/c1-3-12-15(2)13-10-8-6-4-5-7-9-11-14-16/h3,15-16H,1,4-14H2,2H3. The van der Waals surface area contributed by atoms with Gasteiger partial charge in [-0.1, -0.05) is 64.4 Å². The SMILES string of the molecule is C=CCC(C)CCCCCCCCCCO. The summed E-state index contributed by atoms with van der Waals surface area (Å²) in [5, 5.41) is 8.63. The summed E-state index contributed by atoms with van der Waals surface area (Å²) in [4.78, 5) is 0. The highest BCUT2D eigenvalue weighted by atomic mass is 16.2. The molecule has 0 aliphatic rings. The molecule has 0 spiro atoms. The van der Waals surface area contributed by atoms with Gasteiger partial charge in [0.15, 0.2) is 0 Å². The van der Waals surface area contributed by atoms with Crippen molar-refractivity contribution >= 4 is 0 Å². The van der Waals surface area contributed by atoms with Crippen LogP contribution in [0.3, 0.4) is 0 Å². The smallest absolute Gasteiger partial charge is 0.0431 e. The summed E-state index contributed by atoms with van der Waals surface area (Å²) < 4.78 is 0. The minimum absolute atomic E-state index is 0.362. The normalized spacial score (nSPS) is 12.6. The third-order valence-corrected chi connectivity index (χ3v) is 3.17. The van der Waals surface area contributed by atoms with Crippen LogP contribution in [0.15, 0.2) is 12.7 Å². The van der Waals surface area contributed by atoms with Gasteiger partial charge >= 0.3 is 0 Å². The lowest BCUT2D eigenvalue weighted by molar-refractivity contribution is 0.282. The van der Waals surface area contributed by atoms with Gasteiger partial charge in [0.1, 0.15) is 0 Å². The Balaban J connectivity index is 3.00. The molecule has 16 heavy (non-hydrogen) atoms. The second kappa shape index (κ2) is 12.8. The maximum absolute atomic E-state index is 8.63. The van der Waals surface area contributed by atoms with Crippen molar-refractivity contribution in [1.29, 1.82) is 0 Å². The molecule has 0 aliphatic heterocycles. The lowest BCUT2D eigenvalue weighted by atomic mass is 9.99. The molecule has 0 bridgehead atoms. The average molecular weight is 226 g/mol. The number of hydrogen-bond donors (Lipinski definition) is 1. The molecular weight excluding hydrogens is 196 g/mol. The Morgan fingerprint density at radius 2 is 1.44 bits per heavy atom. The molecule has 1 nitrogen and oxygen atoms in total. The fraction of sp³-hybridized carbons (Fsp3) is 0.867. The van der Waals surface area contributed by atoms with Gasteiger partial charge in [-0.2, -0.15) is 0 Å². The third-order valence-electron chi connectivity index (χ3n) is 3.17. The third kappa shape index (κ3) is 11.8. The van der Waals surface area contributed by atoms with E-state index in [1.165, 1.54) is 57.8 Å². The first-order chi connectivity index (χ1) is 7.81. The van der Waals surface area contributed by atoms with Crippen molar-refractivity contribution in [3.8, 4) is 0 Å². The molecule has 0 saturated carbocycles. The fourth-order valence-corrected chi connectivity index (χ4v) is 2.07. The van der Waals surface area contributed by atoms with Crippen molar-refractivity contribution in [3.05, 3.63) is 12.7 Å². The predicted molar refractivity (Wildman–Crippen MR) is 72.6 cm³/mol. The fourth-order valence-electron chi connectivity index (χ4n) is 2.07. The Morgan fingerprint density at radius 1 is 0.938 bits per heavy atom. The Morgan fingerprint density at radius 3 is 1.94 bits per heavy atom. The second-order valence-electron chi connectivity index (χ2n) is 4.97. The first-order valence-electron chi connectivity index (χ1n) is 7.03. The van der Waals surface area contributed by atoms with E-state index in [4.69, 9.17) is 5.11 Å². The minimum atomic E-state index is 0.362. The predicted octanol–water partition coefficient (Wildman–Crippen LogP) is 4.70. The zero-order valence-corrected chi connectivity index (χ0v) is 11.1. The molecule has 0 aromatic carbocycles. The van der Waals surface area contributed by atoms with Gasteiger partial charge in [0.25, 0.3) is 0 Å². The Bertz CT molecular complexity index is 142. The summed E-state index contributed by atoms with van der Waals surface area (Å²) in [6.07, 6.45) is 14.9. The van der Waals surface area contributed by atoms with Crippen LogP contribution in [0.1, 0.15) is 71.1 Å². The van der Waals surface area contributed by atoms with Crippen LogP contribution < -0.4 is 0 Å². The maximum atomic E-state index is 8.63. The van der Waals surface area contributed by atoms with Gasteiger partial charge < -0.3 is 5.11 Å². The molecule has 0 radical (unpaired) electrons. The molecule has 0 aromatic heterocycles. The van der Waals surface area contributed by atoms with E-state index in [0.717, 1.165) is 12.3 Å². The van der Waals surface area contributed by atoms with Crippen LogP contribution in [-0.4, -0.2) is 11.7 Å². The molecule has 1 N–H and O–H groups in total. The van der Waals surface area contributed by atoms with Gasteiger partial charge in [0.2, 0.25) is 0 Å². The van der Waals surface area contributed by atoms with Crippen molar-refractivity contribution in [2.24, 2.45) is 5.92 Å². The van der Waals surface area contributed by atoms with Crippen LogP contribution in [0, 0.1) is 5.92 Å². The van der Waals surface area contributed by atoms with Gasteiger partial charge in [0.05, 0.1) is 0 Å². The first kappa shape index (κ1) is 15.7. The van der Waals surface area contributed by atoms with Crippen molar-refractivity contribution in [2.75, 3.05) is 6.61 Å². The zero-order chi connectivity index (χ0) is 12.1. The van der Waals surface area contributed by atoms with Crippen molar-refractivity contribution in [1.82, 2.24) is 0 Å². The average Bonchev–Trinajstić information content (AvgIpc) is 2.27. The van der Waals surface area contributed by atoms with Crippen molar-refractivity contribution in [2.45, 2.75) is 71.1 Å². The lowest BCUT2D eigenvalue weighted by Gasteiger charge is -2.07. The molecule has 0 rings (SSSR count). The second-order valence-corrected chi connectivity index (χ2v) is 4.97. The summed E-state index contributed by atoms with van der Waals surface area (Å²) in [7, 11) is 0. The highest BCUT2D eigenvalue weighted by Crippen LogP contribution is 2.15. The van der Waals surface area contributed by atoms with Crippen LogP contribution >= 0.6 is 0 Å². The summed E-state index contributed by atoms with van der Waals surface area (Å²) in [6, 6.07) is 0. The van der Waals surface area contributed by atoms with E-state index in [0.29, 0.717) is 6.61 Å².